The molecule has 1 aliphatic rings. The number of ether oxygens (including phenoxy) is 3. The zero-order valence-corrected chi connectivity index (χ0v) is 15.8. The molecule has 0 radical (unpaired) electrons. The van der Waals surface area contributed by atoms with Crippen molar-refractivity contribution < 1.29 is 19.0 Å². The molecule has 0 aliphatic carbocycles. The van der Waals surface area contributed by atoms with Gasteiger partial charge in [-0.1, -0.05) is 24.3 Å². The second kappa shape index (κ2) is 8.49. The third kappa shape index (κ3) is 4.39. The quantitative estimate of drug-likeness (QED) is 0.598. The number of carbonyl (C=O) groups is 1. The molecule has 29 heavy (non-hydrogen) atoms. The van der Waals surface area contributed by atoms with E-state index in [0.29, 0.717) is 41.6 Å². The molecule has 144 valence electrons. The molecule has 0 amide bonds. The lowest BCUT2D eigenvalue weighted by Gasteiger charge is -2.10. The summed E-state index contributed by atoms with van der Waals surface area (Å²) >= 11 is 0. The van der Waals surface area contributed by atoms with E-state index in [-0.39, 0.29) is 12.4 Å². The molecule has 0 bridgehead atoms. The van der Waals surface area contributed by atoms with Crippen LogP contribution in [0, 0.1) is 11.3 Å². The molecule has 0 aromatic heterocycles. The number of hydrogen-bond donors (Lipinski definition) is 0. The van der Waals surface area contributed by atoms with Crippen LogP contribution in [0.15, 0.2) is 66.7 Å². The SMILES string of the molecule is N#Cc1ccc(-c2ccc(OCC(=O)c3ccc4c(c3)OCCCO4)cc2)cc1. The van der Waals surface area contributed by atoms with Gasteiger partial charge in [-0.15, -0.1) is 0 Å². The average Bonchev–Trinajstić information content (AvgIpc) is 3.03. The largest absolute Gasteiger partial charge is 0.490 e. The van der Waals surface area contributed by atoms with Gasteiger partial charge in [0, 0.05) is 12.0 Å². The van der Waals surface area contributed by atoms with Crippen molar-refractivity contribution in [2.45, 2.75) is 6.42 Å². The van der Waals surface area contributed by atoms with Crippen LogP contribution < -0.4 is 14.2 Å². The minimum absolute atomic E-state index is 0.0597. The highest BCUT2D eigenvalue weighted by Crippen LogP contribution is 2.30. The first-order valence-electron chi connectivity index (χ1n) is 9.39. The topological polar surface area (TPSA) is 68.5 Å². The van der Waals surface area contributed by atoms with Crippen LogP contribution in [0.4, 0.5) is 0 Å². The molecule has 0 N–H and O–H groups in total. The fraction of sp³-hybridized carbons (Fsp3) is 0.167. The Morgan fingerprint density at radius 1 is 0.897 bits per heavy atom. The van der Waals surface area contributed by atoms with Gasteiger partial charge in [0.2, 0.25) is 0 Å². The summed E-state index contributed by atoms with van der Waals surface area (Å²) in [6.07, 6.45) is 0.819. The first-order chi connectivity index (χ1) is 14.2. The zero-order chi connectivity index (χ0) is 20.1. The lowest BCUT2D eigenvalue weighted by atomic mass is 10.0. The number of hydrogen-bond acceptors (Lipinski definition) is 5. The Hall–Kier alpha value is -3.78. The molecule has 5 heteroatoms. The number of ketones is 1. The Morgan fingerprint density at radius 2 is 1.55 bits per heavy atom. The third-order valence-electron chi connectivity index (χ3n) is 4.64. The monoisotopic (exact) mass is 385 g/mol. The summed E-state index contributed by atoms with van der Waals surface area (Å²) in [5.41, 5.74) is 3.18. The summed E-state index contributed by atoms with van der Waals surface area (Å²) in [5, 5.41) is 8.89. The van der Waals surface area contributed by atoms with Crippen LogP contribution in [0.25, 0.3) is 11.1 Å². The summed E-state index contributed by atoms with van der Waals surface area (Å²) in [6, 6.07) is 22.2. The number of Topliss-reactive ketones (excluding diaryl/α,β-unsaturated/α-hetero) is 1. The molecule has 0 saturated carbocycles. The van der Waals surface area contributed by atoms with Crippen molar-refractivity contribution in [2.24, 2.45) is 0 Å². The number of fused-ring (bicyclic) bond motifs is 1. The summed E-state index contributed by atoms with van der Waals surface area (Å²) in [5.74, 6) is 1.75. The van der Waals surface area contributed by atoms with Gasteiger partial charge in [0.1, 0.15) is 5.75 Å². The predicted molar refractivity (Wildman–Crippen MR) is 108 cm³/mol. The lowest BCUT2D eigenvalue weighted by molar-refractivity contribution is 0.0921. The minimum atomic E-state index is -0.128. The number of rotatable bonds is 5. The van der Waals surface area contributed by atoms with Gasteiger partial charge in [-0.2, -0.15) is 5.26 Å². The van der Waals surface area contributed by atoms with Crippen molar-refractivity contribution in [2.75, 3.05) is 19.8 Å². The molecule has 0 unspecified atom stereocenters. The molecule has 3 aromatic rings. The van der Waals surface area contributed by atoms with E-state index in [1.54, 1.807) is 30.3 Å². The molecule has 1 heterocycles. The molecular formula is C24H19NO4. The number of benzene rings is 3. The van der Waals surface area contributed by atoms with E-state index in [4.69, 9.17) is 19.5 Å². The van der Waals surface area contributed by atoms with Gasteiger partial charge in [-0.25, -0.2) is 0 Å². The van der Waals surface area contributed by atoms with Crippen molar-refractivity contribution in [3.8, 4) is 34.4 Å². The average molecular weight is 385 g/mol. The van der Waals surface area contributed by atoms with Crippen LogP contribution in [0.3, 0.4) is 0 Å². The van der Waals surface area contributed by atoms with Crippen molar-refractivity contribution in [1.82, 2.24) is 0 Å². The van der Waals surface area contributed by atoms with Gasteiger partial charge in [0.25, 0.3) is 0 Å². The predicted octanol–water partition coefficient (Wildman–Crippen LogP) is 4.65. The van der Waals surface area contributed by atoms with Crippen molar-refractivity contribution in [3.63, 3.8) is 0 Å². The van der Waals surface area contributed by atoms with Crippen molar-refractivity contribution in [1.29, 1.82) is 5.26 Å². The molecule has 3 aromatic carbocycles. The lowest BCUT2D eigenvalue weighted by Crippen LogP contribution is -2.11. The highest BCUT2D eigenvalue weighted by atomic mass is 16.5. The van der Waals surface area contributed by atoms with E-state index in [2.05, 4.69) is 6.07 Å². The maximum Gasteiger partial charge on any atom is 0.200 e. The van der Waals surface area contributed by atoms with Crippen LogP contribution in [0.5, 0.6) is 17.2 Å². The molecule has 0 fully saturated rings. The second-order valence-corrected chi connectivity index (χ2v) is 6.64. The summed E-state index contributed by atoms with van der Waals surface area (Å²) in [7, 11) is 0. The Labute approximate surface area is 169 Å². The van der Waals surface area contributed by atoms with Gasteiger partial charge in [0.05, 0.1) is 24.8 Å². The van der Waals surface area contributed by atoms with E-state index in [1.165, 1.54) is 0 Å². The molecule has 4 rings (SSSR count). The fourth-order valence-electron chi connectivity index (χ4n) is 3.05. The van der Waals surface area contributed by atoms with E-state index in [1.807, 2.05) is 36.4 Å². The van der Waals surface area contributed by atoms with E-state index in [0.717, 1.165) is 17.5 Å². The van der Waals surface area contributed by atoms with Crippen molar-refractivity contribution in [3.05, 3.63) is 77.9 Å². The molecule has 0 atom stereocenters. The summed E-state index contributed by atoms with van der Waals surface area (Å²) in [4.78, 5) is 12.5. The summed E-state index contributed by atoms with van der Waals surface area (Å²) in [6.45, 7) is 1.13. The minimum Gasteiger partial charge on any atom is -0.490 e. The zero-order valence-electron chi connectivity index (χ0n) is 15.8. The van der Waals surface area contributed by atoms with Crippen LogP contribution >= 0.6 is 0 Å². The third-order valence-corrected chi connectivity index (χ3v) is 4.64. The Kier molecular flexibility index (Phi) is 5.44. The van der Waals surface area contributed by atoms with Crippen molar-refractivity contribution >= 4 is 5.78 Å². The fourth-order valence-corrected chi connectivity index (χ4v) is 3.05. The molecular weight excluding hydrogens is 366 g/mol. The summed E-state index contributed by atoms with van der Waals surface area (Å²) < 4.78 is 16.9. The van der Waals surface area contributed by atoms with E-state index < -0.39 is 0 Å². The Bertz CT molecular complexity index is 1050. The van der Waals surface area contributed by atoms with E-state index in [9.17, 15) is 4.79 Å². The number of nitriles is 1. The highest BCUT2D eigenvalue weighted by Gasteiger charge is 2.14. The maximum absolute atomic E-state index is 12.5. The van der Waals surface area contributed by atoms with Gasteiger partial charge >= 0.3 is 0 Å². The normalized spacial score (nSPS) is 12.5. The Balaban J connectivity index is 1.39. The van der Waals surface area contributed by atoms with Crippen LogP contribution in [-0.2, 0) is 0 Å². The van der Waals surface area contributed by atoms with Crippen LogP contribution in [0.2, 0.25) is 0 Å². The molecule has 0 spiro atoms. The van der Waals surface area contributed by atoms with Gasteiger partial charge < -0.3 is 14.2 Å². The molecule has 5 nitrogen and oxygen atoms in total. The molecule has 1 aliphatic heterocycles. The number of nitrogens with zero attached hydrogens (tertiary/aromatic N) is 1. The first kappa shape index (κ1) is 18.6. The smallest absolute Gasteiger partial charge is 0.200 e. The first-order valence-corrected chi connectivity index (χ1v) is 9.39. The second-order valence-electron chi connectivity index (χ2n) is 6.64. The highest BCUT2D eigenvalue weighted by molar-refractivity contribution is 5.97. The van der Waals surface area contributed by atoms with Gasteiger partial charge in [0.15, 0.2) is 23.9 Å². The standard InChI is InChI=1S/C24H19NO4/c25-15-17-2-4-18(5-3-17)19-6-9-21(10-7-19)29-16-22(26)20-8-11-23-24(14-20)28-13-1-12-27-23/h2-11,14H,1,12-13,16H2. The van der Waals surface area contributed by atoms with Gasteiger partial charge in [-0.05, 0) is 53.6 Å². The van der Waals surface area contributed by atoms with Gasteiger partial charge in [-0.3, -0.25) is 4.79 Å². The Morgan fingerprint density at radius 3 is 2.24 bits per heavy atom. The molecule has 0 saturated heterocycles. The van der Waals surface area contributed by atoms with Crippen LogP contribution in [-0.4, -0.2) is 25.6 Å². The maximum atomic E-state index is 12.5. The van der Waals surface area contributed by atoms with Crippen LogP contribution in [0.1, 0.15) is 22.3 Å². The van der Waals surface area contributed by atoms with E-state index >= 15 is 0 Å². The number of carbonyl (C=O) groups excluding carboxylic acids is 1.